The van der Waals surface area contributed by atoms with Crippen LogP contribution in [-0.4, -0.2) is 19.2 Å². The van der Waals surface area contributed by atoms with E-state index in [1.54, 1.807) is 7.11 Å². The lowest BCUT2D eigenvalue weighted by Crippen LogP contribution is -2.18. The smallest absolute Gasteiger partial charge is 0.311 e. The van der Waals surface area contributed by atoms with Crippen LogP contribution in [0.3, 0.4) is 0 Å². The van der Waals surface area contributed by atoms with Gasteiger partial charge in [-0.2, -0.15) is 0 Å². The molecule has 1 aromatic rings. The van der Waals surface area contributed by atoms with Gasteiger partial charge in [0.1, 0.15) is 5.75 Å². The number of ether oxygens (including phenoxy) is 2. The molecule has 0 saturated heterocycles. The summed E-state index contributed by atoms with van der Waals surface area (Å²) in [7, 11) is 1.63. The summed E-state index contributed by atoms with van der Waals surface area (Å²) >= 11 is 0. The molecular weight excluding hydrogens is 242 g/mol. The number of hydrogen-bond donors (Lipinski definition) is 1. The van der Waals surface area contributed by atoms with E-state index in [2.05, 4.69) is 11.9 Å². The summed E-state index contributed by atoms with van der Waals surface area (Å²) in [6.07, 6.45) is 0.0934. The minimum absolute atomic E-state index is 0.0955. The van der Waals surface area contributed by atoms with Crippen LogP contribution in [0.25, 0.3) is 0 Å². The Bertz CT molecular complexity index is 424. The molecule has 1 aromatic carbocycles. The van der Waals surface area contributed by atoms with Crippen molar-refractivity contribution in [2.45, 2.75) is 32.9 Å². The number of rotatable bonds is 7. The number of carbonyl (C=O) groups excluding carboxylic acids is 1. The van der Waals surface area contributed by atoms with Crippen LogP contribution in [0.15, 0.2) is 36.5 Å². The maximum absolute atomic E-state index is 11.4. The number of benzene rings is 1. The van der Waals surface area contributed by atoms with Crippen LogP contribution >= 0.6 is 0 Å². The second-order valence-corrected chi connectivity index (χ2v) is 4.52. The highest BCUT2D eigenvalue weighted by molar-refractivity contribution is 5.72. The first-order valence-electron chi connectivity index (χ1n) is 6.25. The van der Waals surface area contributed by atoms with Crippen LogP contribution in [0.5, 0.6) is 5.75 Å². The van der Waals surface area contributed by atoms with Crippen LogP contribution in [-0.2, 0) is 16.1 Å². The molecule has 19 heavy (non-hydrogen) atoms. The van der Waals surface area contributed by atoms with Gasteiger partial charge in [-0.25, -0.2) is 0 Å². The van der Waals surface area contributed by atoms with Gasteiger partial charge in [0.25, 0.3) is 0 Å². The normalized spacial score (nSPS) is 10.1. The van der Waals surface area contributed by atoms with Crippen LogP contribution < -0.4 is 10.1 Å². The van der Waals surface area contributed by atoms with E-state index in [0.717, 1.165) is 11.3 Å². The molecule has 0 fully saturated rings. The number of methoxy groups -OCH3 is 1. The molecular formula is C15H21NO3. The Morgan fingerprint density at radius 2 is 1.95 bits per heavy atom. The molecule has 0 amide bonds. The van der Waals surface area contributed by atoms with Crippen molar-refractivity contribution in [3.05, 3.63) is 42.1 Å². The molecule has 0 aromatic heterocycles. The lowest BCUT2D eigenvalue weighted by molar-refractivity contribution is -0.146. The monoisotopic (exact) mass is 263 g/mol. The molecule has 0 aliphatic rings. The summed E-state index contributed by atoms with van der Waals surface area (Å²) in [6.45, 7) is 8.09. The third-order valence-electron chi connectivity index (χ3n) is 2.43. The molecule has 0 heterocycles. The number of carbonyl (C=O) groups is 1. The Morgan fingerprint density at radius 3 is 2.47 bits per heavy atom. The van der Waals surface area contributed by atoms with Crippen molar-refractivity contribution in [3.8, 4) is 5.75 Å². The first-order valence-corrected chi connectivity index (χ1v) is 6.25. The summed E-state index contributed by atoms with van der Waals surface area (Å²) in [4.78, 5) is 11.4. The fourth-order valence-corrected chi connectivity index (χ4v) is 1.51. The highest BCUT2D eigenvalue weighted by atomic mass is 16.5. The topological polar surface area (TPSA) is 47.6 Å². The summed E-state index contributed by atoms with van der Waals surface area (Å²) < 4.78 is 10.1. The van der Waals surface area contributed by atoms with Crippen molar-refractivity contribution in [1.82, 2.24) is 5.32 Å². The Morgan fingerprint density at radius 1 is 1.32 bits per heavy atom. The number of hydrogen-bond acceptors (Lipinski definition) is 4. The maximum Gasteiger partial charge on any atom is 0.311 e. The van der Waals surface area contributed by atoms with Gasteiger partial charge in [-0.3, -0.25) is 4.79 Å². The van der Waals surface area contributed by atoms with Gasteiger partial charge in [0.05, 0.1) is 19.6 Å². The van der Waals surface area contributed by atoms with Gasteiger partial charge in [-0.15, -0.1) is 0 Å². The zero-order chi connectivity index (χ0) is 14.3. The standard InChI is InChI=1S/C15H21NO3/c1-11(2)19-15(17)9-12(3)16-10-13-5-7-14(18-4)8-6-13/h5-8,11,16H,3,9-10H2,1-2,4H3. The average Bonchev–Trinajstić information content (AvgIpc) is 2.36. The Kier molecular flexibility index (Phi) is 5.93. The van der Waals surface area contributed by atoms with Gasteiger partial charge in [-0.05, 0) is 31.5 Å². The van der Waals surface area contributed by atoms with Crippen molar-refractivity contribution in [3.63, 3.8) is 0 Å². The minimum atomic E-state index is -0.262. The van der Waals surface area contributed by atoms with Crippen molar-refractivity contribution >= 4 is 5.97 Å². The summed E-state index contributed by atoms with van der Waals surface area (Å²) in [5.41, 5.74) is 1.75. The molecule has 1 rings (SSSR count). The van der Waals surface area contributed by atoms with Gasteiger partial charge < -0.3 is 14.8 Å². The molecule has 0 atom stereocenters. The molecule has 0 aliphatic heterocycles. The molecule has 104 valence electrons. The third-order valence-corrected chi connectivity index (χ3v) is 2.43. The lowest BCUT2D eigenvalue weighted by Gasteiger charge is -2.11. The molecule has 0 unspecified atom stereocenters. The first kappa shape index (κ1) is 15.1. The van der Waals surface area contributed by atoms with E-state index in [4.69, 9.17) is 9.47 Å². The minimum Gasteiger partial charge on any atom is -0.497 e. The quantitative estimate of drug-likeness (QED) is 0.768. The largest absolute Gasteiger partial charge is 0.497 e. The average molecular weight is 263 g/mol. The number of nitrogens with one attached hydrogen (secondary N) is 1. The molecule has 0 spiro atoms. The second-order valence-electron chi connectivity index (χ2n) is 4.52. The van der Waals surface area contributed by atoms with Gasteiger partial charge >= 0.3 is 5.97 Å². The molecule has 4 heteroatoms. The van der Waals surface area contributed by atoms with E-state index >= 15 is 0 Å². The van der Waals surface area contributed by atoms with Gasteiger partial charge in [0.15, 0.2) is 0 Å². The molecule has 0 bridgehead atoms. The zero-order valence-electron chi connectivity index (χ0n) is 11.7. The molecule has 1 N–H and O–H groups in total. The summed E-state index contributed by atoms with van der Waals surface area (Å²) in [5.74, 6) is 0.560. The summed E-state index contributed by atoms with van der Waals surface area (Å²) in [5, 5.41) is 3.10. The first-order chi connectivity index (χ1) is 9.01. The molecule has 0 radical (unpaired) electrons. The fraction of sp³-hybridized carbons (Fsp3) is 0.400. The van der Waals surface area contributed by atoms with Crippen molar-refractivity contribution in [2.24, 2.45) is 0 Å². The van der Waals surface area contributed by atoms with E-state index in [-0.39, 0.29) is 18.5 Å². The summed E-state index contributed by atoms with van der Waals surface area (Å²) in [6, 6.07) is 7.72. The second kappa shape index (κ2) is 7.46. The highest BCUT2D eigenvalue weighted by Gasteiger charge is 2.07. The van der Waals surface area contributed by atoms with E-state index in [0.29, 0.717) is 12.2 Å². The molecule has 0 saturated carbocycles. The fourth-order valence-electron chi connectivity index (χ4n) is 1.51. The van der Waals surface area contributed by atoms with Crippen LogP contribution in [0, 0.1) is 0 Å². The Balaban J connectivity index is 2.35. The van der Waals surface area contributed by atoms with Gasteiger partial charge in [0, 0.05) is 12.2 Å². The maximum atomic E-state index is 11.4. The lowest BCUT2D eigenvalue weighted by atomic mass is 10.2. The predicted octanol–water partition coefficient (Wildman–Crippen LogP) is 2.64. The Labute approximate surface area is 114 Å². The van der Waals surface area contributed by atoms with Crippen LogP contribution in [0.1, 0.15) is 25.8 Å². The van der Waals surface area contributed by atoms with E-state index in [9.17, 15) is 4.79 Å². The van der Waals surface area contributed by atoms with Crippen molar-refractivity contribution < 1.29 is 14.3 Å². The van der Waals surface area contributed by atoms with E-state index < -0.39 is 0 Å². The zero-order valence-corrected chi connectivity index (χ0v) is 11.7. The highest BCUT2D eigenvalue weighted by Crippen LogP contribution is 2.11. The van der Waals surface area contributed by atoms with E-state index in [1.165, 1.54) is 0 Å². The Hall–Kier alpha value is -1.97. The van der Waals surface area contributed by atoms with Crippen molar-refractivity contribution in [1.29, 1.82) is 0 Å². The van der Waals surface area contributed by atoms with E-state index in [1.807, 2.05) is 38.1 Å². The van der Waals surface area contributed by atoms with Crippen LogP contribution in [0.4, 0.5) is 0 Å². The van der Waals surface area contributed by atoms with Crippen molar-refractivity contribution in [2.75, 3.05) is 7.11 Å². The van der Waals surface area contributed by atoms with Gasteiger partial charge in [0.2, 0.25) is 0 Å². The molecule has 0 aliphatic carbocycles. The SMILES string of the molecule is C=C(CC(=O)OC(C)C)NCc1ccc(OC)cc1. The number of esters is 1. The van der Waals surface area contributed by atoms with Crippen LogP contribution in [0.2, 0.25) is 0 Å². The molecule has 4 nitrogen and oxygen atoms in total. The third kappa shape index (κ3) is 5.95. The van der Waals surface area contributed by atoms with Gasteiger partial charge in [-0.1, -0.05) is 18.7 Å². The predicted molar refractivity (Wildman–Crippen MR) is 74.8 cm³/mol.